The topological polar surface area (TPSA) is 20.3 Å². The lowest BCUT2D eigenvalue weighted by molar-refractivity contribution is -0.129. The lowest BCUT2D eigenvalue weighted by atomic mass is 10.0. The minimum absolute atomic E-state index is 0.179. The maximum Gasteiger partial charge on any atom is 0.223 e. The van der Waals surface area contributed by atoms with Crippen molar-refractivity contribution in [3.63, 3.8) is 0 Å². The first-order chi connectivity index (χ1) is 8.65. The zero-order valence-electron chi connectivity index (χ0n) is 10.4. The summed E-state index contributed by atoms with van der Waals surface area (Å²) in [6.45, 7) is 2.97. The van der Waals surface area contributed by atoms with Crippen LogP contribution in [-0.4, -0.2) is 22.7 Å². The minimum atomic E-state index is 0.179. The quantitative estimate of drug-likeness (QED) is 0.763. The Morgan fingerprint density at radius 2 is 2.11 bits per heavy atom. The van der Waals surface area contributed by atoms with E-state index in [4.69, 9.17) is 11.6 Å². The highest BCUT2D eigenvalue weighted by Crippen LogP contribution is 2.32. The van der Waals surface area contributed by atoms with Gasteiger partial charge in [-0.05, 0) is 30.0 Å². The van der Waals surface area contributed by atoms with Crippen molar-refractivity contribution >= 4 is 33.4 Å². The monoisotopic (exact) mass is 329 g/mol. The van der Waals surface area contributed by atoms with Crippen LogP contribution in [0.15, 0.2) is 24.3 Å². The molecule has 0 bridgehead atoms. The van der Waals surface area contributed by atoms with Crippen molar-refractivity contribution in [2.45, 2.75) is 25.8 Å². The summed E-state index contributed by atoms with van der Waals surface area (Å²) in [6.07, 6.45) is 1.59. The highest BCUT2D eigenvalue weighted by Gasteiger charge is 2.33. The van der Waals surface area contributed by atoms with E-state index in [0.29, 0.717) is 12.3 Å². The van der Waals surface area contributed by atoms with Gasteiger partial charge in [-0.3, -0.25) is 4.79 Å². The molecule has 2 unspecified atom stereocenters. The second-order valence-corrected chi connectivity index (χ2v) is 5.83. The number of hydrogen-bond acceptors (Lipinski definition) is 1. The van der Waals surface area contributed by atoms with Crippen LogP contribution in [0, 0.1) is 5.92 Å². The van der Waals surface area contributed by atoms with Crippen molar-refractivity contribution < 1.29 is 4.79 Å². The Morgan fingerprint density at radius 3 is 2.61 bits per heavy atom. The zero-order valence-corrected chi connectivity index (χ0v) is 12.7. The van der Waals surface area contributed by atoms with Gasteiger partial charge < -0.3 is 4.90 Å². The number of alkyl halides is 1. The largest absolute Gasteiger partial charge is 0.335 e. The van der Waals surface area contributed by atoms with Crippen LogP contribution in [0.5, 0.6) is 0 Å². The zero-order chi connectivity index (χ0) is 13.1. The summed E-state index contributed by atoms with van der Waals surface area (Å²) in [6, 6.07) is 8.00. The Morgan fingerprint density at radius 1 is 1.44 bits per heavy atom. The van der Waals surface area contributed by atoms with Gasteiger partial charge in [0.2, 0.25) is 5.91 Å². The highest BCUT2D eigenvalue weighted by atomic mass is 79.9. The second kappa shape index (κ2) is 6.07. The van der Waals surface area contributed by atoms with Crippen LogP contribution in [0.1, 0.15) is 31.4 Å². The third-order valence-corrected chi connectivity index (χ3v) is 4.64. The molecule has 0 aliphatic carbocycles. The van der Waals surface area contributed by atoms with E-state index in [1.165, 1.54) is 5.56 Å². The molecule has 1 aliphatic rings. The summed E-state index contributed by atoms with van der Waals surface area (Å²) in [7, 11) is 0. The van der Waals surface area contributed by atoms with Crippen molar-refractivity contribution in [1.82, 2.24) is 4.90 Å². The third-order valence-electron chi connectivity index (χ3n) is 3.47. The van der Waals surface area contributed by atoms with Gasteiger partial charge in [-0.1, -0.05) is 46.6 Å². The molecule has 2 nitrogen and oxygen atoms in total. The number of benzene rings is 1. The molecule has 1 heterocycles. The Bertz CT molecular complexity index is 420. The van der Waals surface area contributed by atoms with E-state index >= 15 is 0 Å². The SMILES string of the molecule is CCC(c1ccc(Cl)cc1)N1CC(CBr)CC1=O. The van der Waals surface area contributed by atoms with Gasteiger partial charge in [0.05, 0.1) is 6.04 Å². The van der Waals surface area contributed by atoms with Crippen LogP contribution >= 0.6 is 27.5 Å². The molecule has 2 atom stereocenters. The van der Waals surface area contributed by atoms with Gasteiger partial charge in [0.15, 0.2) is 0 Å². The lowest BCUT2D eigenvalue weighted by Gasteiger charge is -2.27. The molecule has 0 aromatic heterocycles. The molecule has 2 rings (SSSR count). The molecule has 98 valence electrons. The molecule has 1 fully saturated rings. The van der Waals surface area contributed by atoms with Gasteiger partial charge in [-0.25, -0.2) is 0 Å². The third kappa shape index (κ3) is 2.89. The van der Waals surface area contributed by atoms with E-state index in [1.807, 2.05) is 29.2 Å². The van der Waals surface area contributed by atoms with Crippen molar-refractivity contribution in [2.75, 3.05) is 11.9 Å². The maximum absolute atomic E-state index is 12.1. The van der Waals surface area contributed by atoms with Gasteiger partial charge in [-0.2, -0.15) is 0 Å². The molecular formula is C14H17BrClNO. The van der Waals surface area contributed by atoms with Crippen molar-refractivity contribution in [1.29, 1.82) is 0 Å². The number of hydrogen-bond donors (Lipinski definition) is 0. The lowest BCUT2D eigenvalue weighted by Crippen LogP contribution is -2.30. The number of nitrogens with zero attached hydrogens (tertiary/aromatic N) is 1. The predicted molar refractivity (Wildman–Crippen MR) is 78.1 cm³/mol. The average molecular weight is 331 g/mol. The molecule has 18 heavy (non-hydrogen) atoms. The molecule has 0 spiro atoms. The van der Waals surface area contributed by atoms with Crippen LogP contribution in [0.4, 0.5) is 0 Å². The van der Waals surface area contributed by atoms with E-state index in [-0.39, 0.29) is 11.9 Å². The number of rotatable bonds is 4. The Balaban J connectivity index is 2.18. The molecule has 4 heteroatoms. The summed E-state index contributed by atoms with van der Waals surface area (Å²) in [5, 5.41) is 1.63. The van der Waals surface area contributed by atoms with Crippen LogP contribution in [0.25, 0.3) is 0 Å². The van der Waals surface area contributed by atoms with E-state index in [1.54, 1.807) is 0 Å². The first kappa shape index (κ1) is 13.9. The molecule has 0 saturated carbocycles. The summed E-state index contributed by atoms with van der Waals surface area (Å²) in [5.74, 6) is 0.708. The normalized spacial score (nSPS) is 21.4. The summed E-state index contributed by atoms with van der Waals surface area (Å²) in [5.41, 5.74) is 1.17. The first-order valence-electron chi connectivity index (χ1n) is 6.26. The van der Waals surface area contributed by atoms with Crippen molar-refractivity contribution in [3.05, 3.63) is 34.9 Å². The van der Waals surface area contributed by atoms with Gasteiger partial charge in [0, 0.05) is 23.3 Å². The summed E-state index contributed by atoms with van der Waals surface area (Å²) in [4.78, 5) is 14.1. The van der Waals surface area contributed by atoms with Gasteiger partial charge in [0.1, 0.15) is 0 Å². The van der Waals surface area contributed by atoms with Crippen molar-refractivity contribution in [3.8, 4) is 0 Å². The summed E-state index contributed by atoms with van der Waals surface area (Å²) < 4.78 is 0. The Labute approximate surface area is 121 Å². The highest BCUT2D eigenvalue weighted by molar-refractivity contribution is 9.09. The van der Waals surface area contributed by atoms with Crippen LogP contribution < -0.4 is 0 Å². The number of carbonyl (C=O) groups excluding carboxylic acids is 1. The molecule has 1 amide bonds. The number of halogens is 2. The number of amides is 1. The van der Waals surface area contributed by atoms with Gasteiger partial charge in [-0.15, -0.1) is 0 Å². The minimum Gasteiger partial charge on any atom is -0.335 e. The number of likely N-dealkylation sites (tertiary alicyclic amines) is 1. The molecule has 1 aliphatic heterocycles. The van der Waals surface area contributed by atoms with Gasteiger partial charge in [0.25, 0.3) is 0 Å². The van der Waals surface area contributed by atoms with Gasteiger partial charge >= 0.3 is 0 Å². The van der Waals surface area contributed by atoms with E-state index in [9.17, 15) is 4.79 Å². The van der Waals surface area contributed by atoms with E-state index in [2.05, 4.69) is 22.9 Å². The summed E-state index contributed by atoms with van der Waals surface area (Å²) >= 11 is 9.38. The van der Waals surface area contributed by atoms with Crippen LogP contribution in [0.3, 0.4) is 0 Å². The predicted octanol–water partition coefficient (Wildman–Crippen LogP) is 4.03. The molecule has 0 radical (unpaired) electrons. The molecule has 0 N–H and O–H groups in total. The van der Waals surface area contributed by atoms with Crippen LogP contribution in [-0.2, 0) is 4.79 Å². The second-order valence-electron chi connectivity index (χ2n) is 4.75. The van der Waals surface area contributed by atoms with Crippen molar-refractivity contribution in [2.24, 2.45) is 5.92 Å². The molecule has 1 aromatic rings. The molecule has 1 saturated heterocycles. The Kier molecular flexibility index (Phi) is 4.68. The fourth-order valence-corrected chi connectivity index (χ4v) is 3.09. The van der Waals surface area contributed by atoms with E-state index < -0.39 is 0 Å². The fourth-order valence-electron chi connectivity index (χ4n) is 2.53. The molecular weight excluding hydrogens is 314 g/mol. The maximum atomic E-state index is 12.1. The number of carbonyl (C=O) groups is 1. The fraction of sp³-hybridized carbons (Fsp3) is 0.500. The smallest absolute Gasteiger partial charge is 0.223 e. The first-order valence-corrected chi connectivity index (χ1v) is 7.76. The standard InChI is InChI=1S/C14H17BrClNO/c1-2-13(11-3-5-12(16)6-4-11)17-9-10(8-15)7-14(17)18/h3-6,10,13H,2,7-9H2,1H3. The van der Waals surface area contributed by atoms with E-state index in [0.717, 1.165) is 23.3 Å². The molecule has 1 aromatic carbocycles. The Hall–Kier alpha value is -0.540. The van der Waals surface area contributed by atoms with Crippen LogP contribution in [0.2, 0.25) is 5.02 Å². The average Bonchev–Trinajstić information content (AvgIpc) is 2.74.